The standard InChI is InChI=1S/C12H15ClN4O/c1-7-11(12(13)17(2)16-7)9(18)5-8-3-4-15-10(14)6-8/h3-4,6,9,18H,5H2,1-2H3,(H2,14,15). The maximum atomic E-state index is 10.2. The van der Waals surface area contributed by atoms with Crippen LogP contribution in [0, 0.1) is 6.92 Å². The van der Waals surface area contributed by atoms with Crippen LogP contribution in [0.5, 0.6) is 0 Å². The van der Waals surface area contributed by atoms with E-state index in [0.717, 1.165) is 11.3 Å². The zero-order valence-corrected chi connectivity index (χ0v) is 11.0. The zero-order chi connectivity index (χ0) is 13.3. The van der Waals surface area contributed by atoms with Crippen LogP contribution < -0.4 is 5.73 Å². The zero-order valence-electron chi connectivity index (χ0n) is 10.3. The van der Waals surface area contributed by atoms with E-state index in [-0.39, 0.29) is 0 Å². The van der Waals surface area contributed by atoms with Crippen LogP contribution in [0.1, 0.15) is 22.9 Å². The Morgan fingerprint density at radius 2 is 2.28 bits per heavy atom. The van der Waals surface area contributed by atoms with Crippen LogP contribution in [0.15, 0.2) is 18.3 Å². The molecule has 0 saturated carbocycles. The van der Waals surface area contributed by atoms with E-state index in [1.54, 1.807) is 24.0 Å². The minimum absolute atomic E-state index is 0.430. The molecule has 96 valence electrons. The van der Waals surface area contributed by atoms with Gasteiger partial charge >= 0.3 is 0 Å². The highest BCUT2D eigenvalue weighted by molar-refractivity contribution is 6.30. The first-order valence-electron chi connectivity index (χ1n) is 5.56. The first-order valence-corrected chi connectivity index (χ1v) is 5.94. The predicted molar refractivity (Wildman–Crippen MR) is 70.3 cm³/mol. The quantitative estimate of drug-likeness (QED) is 0.885. The highest BCUT2D eigenvalue weighted by atomic mass is 35.5. The molecular formula is C12H15ClN4O. The average molecular weight is 267 g/mol. The number of rotatable bonds is 3. The van der Waals surface area contributed by atoms with Gasteiger partial charge in [0.2, 0.25) is 0 Å². The second-order valence-electron chi connectivity index (χ2n) is 4.22. The molecule has 18 heavy (non-hydrogen) atoms. The third kappa shape index (κ3) is 2.47. The lowest BCUT2D eigenvalue weighted by atomic mass is 10.0. The van der Waals surface area contributed by atoms with Crippen molar-refractivity contribution < 1.29 is 5.11 Å². The molecule has 0 spiro atoms. The largest absolute Gasteiger partial charge is 0.388 e. The Labute approximate surface area is 110 Å². The highest BCUT2D eigenvalue weighted by Crippen LogP contribution is 2.28. The monoisotopic (exact) mass is 266 g/mol. The molecular weight excluding hydrogens is 252 g/mol. The Kier molecular flexibility index (Phi) is 3.54. The van der Waals surface area contributed by atoms with Crippen molar-refractivity contribution in [1.82, 2.24) is 14.8 Å². The van der Waals surface area contributed by atoms with Crippen LogP contribution in [0.2, 0.25) is 5.15 Å². The Bertz CT molecular complexity index is 567. The number of hydrogen-bond donors (Lipinski definition) is 2. The van der Waals surface area contributed by atoms with Crippen molar-refractivity contribution in [2.45, 2.75) is 19.4 Å². The van der Waals surface area contributed by atoms with Crippen LogP contribution >= 0.6 is 11.6 Å². The van der Waals surface area contributed by atoms with E-state index in [1.807, 2.05) is 13.0 Å². The van der Waals surface area contributed by atoms with E-state index in [1.165, 1.54) is 0 Å². The summed E-state index contributed by atoms with van der Waals surface area (Å²) in [6.07, 6.45) is 1.35. The van der Waals surface area contributed by atoms with E-state index < -0.39 is 6.10 Å². The van der Waals surface area contributed by atoms with Crippen molar-refractivity contribution in [3.63, 3.8) is 0 Å². The van der Waals surface area contributed by atoms with Crippen LogP contribution in [-0.4, -0.2) is 19.9 Å². The molecule has 0 saturated heterocycles. The molecule has 0 bridgehead atoms. The van der Waals surface area contributed by atoms with Crippen molar-refractivity contribution in [3.05, 3.63) is 40.3 Å². The number of nitrogens with zero attached hydrogens (tertiary/aromatic N) is 3. The number of nitrogens with two attached hydrogens (primary N) is 1. The Morgan fingerprint density at radius 1 is 1.56 bits per heavy atom. The van der Waals surface area contributed by atoms with E-state index in [0.29, 0.717) is 23.0 Å². The average Bonchev–Trinajstić information content (AvgIpc) is 2.53. The summed E-state index contributed by atoms with van der Waals surface area (Å²) in [5.74, 6) is 0.439. The summed E-state index contributed by atoms with van der Waals surface area (Å²) in [5.41, 5.74) is 7.91. The van der Waals surface area contributed by atoms with Gasteiger partial charge in [0, 0.05) is 25.2 Å². The molecule has 0 aromatic carbocycles. The smallest absolute Gasteiger partial charge is 0.132 e. The van der Waals surface area contributed by atoms with Crippen molar-refractivity contribution >= 4 is 17.4 Å². The second kappa shape index (κ2) is 4.96. The first kappa shape index (κ1) is 12.9. The summed E-state index contributed by atoms with van der Waals surface area (Å²) in [6.45, 7) is 1.82. The van der Waals surface area contributed by atoms with Gasteiger partial charge in [-0.1, -0.05) is 11.6 Å². The molecule has 0 aliphatic heterocycles. The lowest BCUT2D eigenvalue weighted by Crippen LogP contribution is -2.04. The molecule has 2 heterocycles. The molecule has 2 aromatic heterocycles. The van der Waals surface area contributed by atoms with Crippen molar-refractivity contribution in [2.75, 3.05) is 5.73 Å². The summed E-state index contributed by atoms with van der Waals surface area (Å²) in [7, 11) is 1.75. The van der Waals surface area contributed by atoms with Gasteiger partial charge in [-0.2, -0.15) is 5.10 Å². The summed E-state index contributed by atoms with van der Waals surface area (Å²) in [6, 6.07) is 3.56. The molecule has 0 amide bonds. The van der Waals surface area contributed by atoms with Gasteiger partial charge < -0.3 is 10.8 Å². The molecule has 1 atom stereocenters. The van der Waals surface area contributed by atoms with Crippen molar-refractivity contribution in [2.24, 2.45) is 7.05 Å². The third-order valence-electron chi connectivity index (χ3n) is 2.80. The minimum Gasteiger partial charge on any atom is -0.388 e. The van der Waals surface area contributed by atoms with Gasteiger partial charge in [-0.05, 0) is 24.6 Å². The molecule has 6 heteroatoms. The van der Waals surface area contributed by atoms with Crippen LogP contribution in [0.3, 0.4) is 0 Å². The third-order valence-corrected chi connectivity index (χ3v) is 3.25. The molecule has 0 fully saturated rings. The SMILES string of the molecule is Cc1nn(C)c(Cl)c1C(O)Cc1ccnc(N)c1. The second-order valence-corrected chi connectivity index (χ2v) is 4.58. The van der Waals surface area contributed by atoms with Crippen LogP contribution in [0.4, 0.5) is 5.82 Å². The Morgan fingerprint density at radius 3 is 2.83 bits per heavy atom. The highest BCUT2D eigenvalue weighted by Gasteiger charge is 2.19. The number of anilines is 1. The number of nitrogen functional groups attached to an aromatic ring is 1. The normalized spacial score (nSPS) is 12.7. The maximum Gasteiger partial charge on any atom is 0.132 e. The fourth-order valence-corrected chi connectivity index (χ4v) is 2.27. The number of aliphatic hydroxyl groups is 1. The predicted octanol–water partition coefficient (Wildman–Crippen LogP) is 1.64. The number of aryl methyl sites for hydroxylation is 2. The number of aliphatic hydroxyl groups excluding tert-OH is 1. The topological polar surface area (TPSA) is 77.0 Å². The molecule has 1 unspecified atom stereocenters. The van der Waals surface area contributed by atoms with E-state index in [9.17, 15) is 5.11 Å². The van der Waals surface area contributed by atoms with Crippen LogP contribution in [-0.2, 0) is 13.5 Å². The molecule has 5 nitrogen and oxygen atoms in total. The molecule has 3 N–H and O–H groups in total. The molecule has 2 aromatic rings. The molecule has 0 aliphatic rings. The van der Waals surface area contributed by atoms with E-state index in [4.69, 9.17) is 17.3 Å². The maximum absolute atomic E-state index is 10.2. The van der Waals surface area contributed by atoms with E-state index >= 15 is 0 Å². The van der Waals surface area contributed by atoms with Gasteiger partial charge in [0.1, 0.15) is 11.0 Å². The number of pyridine rings is 1. The van der Waals surface area contributed by atoms with Crippen molar-refractivity contribution in [3.8, 4) is 0 Å². The fourth-order valence-electron chi connectivity index (χ4n) is 1.97. The lowest BCUT2D eigenvalue weighted by Gasteiger charge is -2.11. The fraction of sp³-hybridized carbons (Fsp3) is 0.333. The summed E-state index contributed by atoms with van der Waals surface area (Å²) in [5, 5.41) is 14.9. The summed E-state index contributed by atoms with van der Waals surface area (Å²) >= 11 is 6.11. The molecule has 0 radical (unpaired) electrons. The summed E-state index contributed by atoms with van der Waals surface area (Å²) < 4.78 is 1.55. The Balaban J connectivity index is 2.24. The van der Waals surface area contributed by atoms with Gasteiger partial charge in [-0.3, -0.25) is 4.68 Å². The summed E-state index contributed by atoms with van der Waals surface area (Å²) in [4.78, 5) is 3.91. The molecule has 0 aliphatic carbocycles. The van der Waals surface area contributed by atoms with Gasteiger partial charge in [0.15, 0.2) is 0 Å². The van der Waals surface area contributed by atoms with Crippen molar-refractivity contribution in [1.29, 1.82) is 0 Å². The molecule has 2 rings (SSSR count). The van der Waals surface area contributed by atoms with Gasteiger partial charge in [0.05, 0.1) is 11.8 Å². The lowest BCUT2D eigenvalue weighted by molar-refractivity contribution is 0.178. The van der Waals surface area contributed by atoms with Crippen LogP contribution in [0.25, 0.3) is 0 Å². The number of hydrogen-bond acceptors (Lipinski definition) is 4. The number of aromatic nitrogens is 3. The Hall–Kier alpha value is -1.59. The number of halogens is 1. The first-order chi connectivity index (χ1) is 8.49. The van der Waals surface area contributed by atoms with E-state index in [2.05, 4.69) is 10.1 Å². The van der Waals surface area contributed by atoms with Gasteiger partial charge in [-0.25, -0.2) is 4.98 Å². The van der Waals surface area contributed by atoms with Gasteiger partial charge in [-0.15, -0.1) is 0 Å². The minimum atomic E-state index is -0.701. The van der Waals surface area contributed by atoms with Gasteiger partial charge in [0.25, 0.3) is 0 Å².